The Hall–Kier alpha value is -1.59. The van der Waals surface area contributed by atoms with E-state index in [2.05, 4.69) is 10.2 Å². The second-order valence-electron chi connectivity index (χ2n) is 5.15. The largest absolute Gasteiger partial charge is 0.399 e. The van der Waals surface area contributed by atoms with Crippen molar-refractivity contribution >= 4 is 17.3 Å². The number of nitrogens with one attached hydrogen (secondary N) is 1. The van der Waals surface area contributed by atoms with Crippen molar-refractivity contribution in [3.8, 4) is 0 Å². The van der Waals surface area contributed by atoms with Crippen LogP contribution in [-0.4, -0.2) is 43.7 Å². The van der Waals surface area contributed by atoms with Gasteiger partial charge in [-0.1, -0.05) is 6.07 Å². The molecule has 5 nitrogen and oxygen atoms in total. The van der Waals surface area contributed by atoms with Crippen LogP contribution in [0.3, 0.4) is 0 Å². The van der Waals surface area contributed by atoms with Crippen LogP contribution >= 0.6 is 0 Å². The van der Waals surface area contributed by atoms with E-state index in [1.54, 1.807) is 12.1 Å². The molecule has 0 unspecified atom stereocenters. The van der Waals surface area contributed by atoms with Gasteiger partial charge in [0.25, 0.3) is 0 Å². The van der Waals surface area contributed by atoms with E-state index in [4.69, 9.17) is 10.5 Å². The van der Waals surface area contributed by atoms with E-state index in [1.165, 1.54) is 0 Å². The number of rotatable bonds is 8. The number of likely N-dealkylation sites (N-methyl/N-ethyl adjacent to an activating group) is 1. The second-order valence-corrected chi connectivity index (χ2v) is 5.15. The number of ether oxygens (including phenoxy) is 1. The third-order valence-electron chi connectivity index (χ3n) is 2.82. The van der Waals surface area contributed by atoms with Crippen LogP contribution in [-0.2, 0) is 9.53 Å². The molecule has 0 aliphatic carbocycles. The van der Waals surface area contributed by atoms with Crippen molar-refractivity contribution in [2.24, 2.45) is 0 Å². The van der Waals surface area contributed by atoms with Gasteiger partial charge < -0.3 is 20.7 Å². The average Bonchev–Trinajstić information content (AvgIpc) is 2.36. The topological polar surface area (TPSA) is 67.6 Å². The number of nitrogen functional groups attached to an aromatic ring is 1. The summed E-state index contributed by atoms with van der Waals surface area (Å²) >= 11 is 0. The molecule has 3 N–H and O–H groups in total. The molecule has 0 bridgehead atoms. The molecule has 20 heavy (non-hydrogen) atoms. The molecule has 0 heterocycles. The molecule has 0 fully saturated rings. The van der Waals surface area contributed by atoms with Crippen LogP contribution in [0.2, 0.25) is 0 Å². The average molecular weight is 279 g/mol. The Morgan fingerprint density at radius 2 is 2.15 bits per heavy atom. The minimum Gasteiger partial charge on any atom is -0.399 e. The van der Waals surface area contributed by atoms with Crippen LogP contribution in [0, 0.1) is 0 Å². The summed E-state index contributed by atoms with van der Waals surface area (Å²) in [5, 5.41) is 2.84. The molecule has 0 radical (unpaired) electrons. The molecule has 0 saturated carbocycles. The van der Waals surface area contributed by atoms with Gasteiger partial charge in [-0.2, -0.15) is 0 Å². The first kappa shape index (κ1) is 16.5. The number of hydrogen-bond donors (Lipinski definition) is 2. The van der Waals surface area contributed by atoms with E-state index in [9.17, 15) is 4.79 Å². The predicted octanol–water partition coefficient (Wildman–Crippen LogP) is 1.95. The SMILES string of the molecule is CC(C)OCCN(C)CCC(=O)Nc1cccc(N)c1. The van der Waals surface area contributed by atoms with Crippen molar-refractivity contribution in [3.05, 3.63) is 24.3 Å². The maximum absolute atomic E-state index is 11.8. The molecule has 112 valence electrons. The molecule has 0 spiro atoms. The predicted molar refractivity (Wildman–Crippen MR) is 82.7 cm³/mol. The highest BCUT2D eigenvalue weighted by Crippen LogP contribution is 2.11. The molecule has 0 saturated heterocycles. The van der Waals surface area contributed by atoms with Gasteiger partial charge in [0.15, 0.2) is 0 Å². The van der Waals surface area contributed by atoms with Gasteiger partial charge >= 0.3 is 0 Å². The number of benzene rings is 1. The minimum atomic E-state index is -0.00720. The summed E-state index contributed by atoms with van der Waals surface area (Å²) in [5.41, 5.74) is 7.04. The van der Waals surface area contributed by atoms with E-state index in [1.807, 2.05) is 33.0 Å². The van der Waals surface area contributed by atoms with Crippen LogP contribution in [0.25, 0.3) is 0 Å². The Morgan fingerprint density at radius 1 is 1.40 bits per heavy atom. The Labute approximate surface area is 121 Å². The van der Waals surface area contributed by atoms with Crippen LogP contribution in [0.1, 0.15) is 20.3 Å². The summed E-state index contributed by atoms with van der Waals surface area (Å²) in [6, 6.07) is 7.19. The van der Waals surface area contributed by atoms with Crippen LogP contribution < -0.4 is 11.1 Å². The van der Waals surface area contributed by atoms with Gasteiger partial charge in [-0.15, -0.1) is 0 Å². The molecule has 1 aromatic carbocycles. The van der Waals surface area contributed by atoms with Gasteiger partial charge in [0.05, 0.1) is 12.7 Å². The number of carbonyl (C=O) groups is 1. The van der Waals surface area contributed by atoms with Crippen molar-refractivity contribution in [1.29, 1.82) is 0 Å². The van der Waals surface area contributed by atoms with Gasteiger partial charge in [-0.25, -0.2) is 0 Å². The first-order valence-electron chi connectivity index (χ1n) is 6.93. The van der Waals surface area contributed by atoms with Gasteiger partial charge in [0, 0.05) is 30.9 Å². The molecule has 1 aromatic rings. The minimum absolute atomic E-state index is 0.00720. The van der Waals surface area contributed by atoms with Crippen molar-refractivity contribution in [2.45, 2.75) is 26.4 Å². The summed E-state index contributed by atoms with van der Waals surface area (Å²) in [4.78, 5) is 13.9. The molecule has 5 heteroatoms. The zero-order valence-corrected chi connectivity index (χ0v) is 12.6. The first-order chi connectivity index (χ1) is 9.47. The Bertz CT molecular complexity index is 421. The zero-order chi connectivity index (χ0) is 15.0. The molecule has 0 atom stereocenters. The van der Waals surface area contributed by atoms with Gasteiger partial charge in [-0.3, -0.25) is 4.79 Å². The monoisotopic (exact) mass is 279 g/mol. The number of amides is 1. The fraction of sp³-hybridized carbons (Fsp3) is 0.533. The van der Waals surface area contributed by atoms with Crippen LogP contribution in [0.15, 0.2) is 24.3 Å². The van der Waals surface area contributed by atoms with Gasteiger partial charge in [0.2, 0.25) is 5.91 Å². The maximum Gasteiger partial charge on any atom is 0.225 e. The number of hydrogen-bond acceptors (Lipinski definition) is 4. The van der Waals surface area contributed by atoms with Crippen LogP contribution in [0.4, 0.5) is 11.4 Å². The lowest BCUT2D eigenvalue weighted by Crippen LogP contribution is -2.28. The van der Waals surface area contributed by atoms with E-state index in [-0.39, 0.29) is 12.0 Å². The second kappa shape index (κ2) is 8.55. The zero-order valence-electron chi connectivity index (χ0n) is 12.6. The lowest BCUT2D eigenvalue weighted by molar-refractivity contribution is -0.116. The van der Waals surface area contributed by atoms with E-state index >= 15 is 0 Å². The number of nitrogens with two attached hydrogens (primary N) is 1. The van der Waals surface area contributed by atoms with Crippen molar-refractivity contribution in [1.82, 2.24) is 4.90 Å². The Kier molecular flexibility index (Phi) is 7.04. The summed E-state index contributed by atoms with van der Waals surface area (Å²) < 4.78 is 5.47. The third kappa shape index (κ3) is 7.11. The Balaban J connectivity index is 2.22. The standard InChI is InChI=1S/C15H25N3O2/c1-12(2)20-10-9-18(3)8-7-15(19)17-14-6-4-5-13(16)11-14/h4-6,11-12H,7-10,16H2,1-3H3,(H,17,19). The fourth-order valence-corrected chi connectivity index (χ4v) is 1.69. The highest BCUT2D eigenvalue weighted by Gasteiger charge is 2.05. The summed E-state index contributed by atoms with van der Waals surface area (Å²) in [5.74, 6) is -0.00720. The summed E-state index contributed by atoms with van der Waals surface area (Å²) in [7, 11) is 1.98. The number of anilines is 2. The molecule has 0 aliphatic rings. The normalized spacial score (nSPS) is 11.1. The third-order valence-corrected chi connectivity index (χ3v) is 2.82. The highest BCUT2D eigenvalue weighted by atomic mass is 16.5. The molecule has 0 aliphatic heterocycles. The number of carbonyl (C=O) groups excluding carboxylic acids is 1. The first-order valence-corrected chi connectivity index (χ1v) is 6.93. The number of nitrogens with zero attached hydrogens (tertiary/aromatic N) is 1. The van der Waals surface area contributed by atoms with Gasteiger partial charge in [0.1, 0.15) is 0 Å². The smallest absolute Gasteiger partial charge is 0.225 e. The Morgan fingerprint density at radius 3 is 2.80 bits per heavy atom. The molecular weight excluding hydrogens is 254 g/mol. The summed E-state index contributed by atoms with van der Waals surface area (Å²) in [6.07, 6.45) is 0.697. The van der Waals surface area contributed by atoms with Crippen molar-refractivity contribution < 1.29 is 9.53 Å². The fourth-order valence-electron chi connectivity index (χ4n) is 1.69. The van der Waals surface area contributed by atoms with E-state index in [0.717, 1.165) is 12.2 Å². The van der Waals surface area contributed by atoms with E-state index < -0.39 is 0 Å². The molecule has 0 aromatic heterocycles. The maximum atomic E-state index is 11.8. The lowest BCUT2D eigenvalue weighted by Gasteiger charge is -2.17. The molecule has 1 amide bonds. The van der Waals surface area contributed by atoms with Crippen molar-refractivity contribution in [2.75, 3.05) is 37.8 Å². The van der Waals surface area contributed by atoms with Gasteiger partial charge in [-0.05, 0) is 39.1 Å². The quantitative estimate of drug-likeness (QED) is 0.714. The highest BCUT2D eigenvalue weighted by molar-refractivity contribution is 5.91. The lowest BCUT2D eigenvalue weighted by atomic mass is 10.2. The van der Waals surface area contributed by atoms with Crippen molar-refractivity contribution in [3.63, 3.8) is 0 Å². The summed E-state index contributed by atoms with van der Waals surface area (Å²) in [6.45, 7) is 6.24. The molecule has 1 rings (SSSR count). The van der Waals surface area contributed by atoms with Crippen LogP contribution in [0.5, 0.6) is 0 Å². The molecular formula is C15H25N3O2. The van der Waals surface area contributed by atoms with E-state index in [0.29, 0.717) is 25.3 Å².